The predicted molar refractivity (Wildman–Crippen MR) is 107 cm³/mol. The van der Waals surface area contributed by atoms with Crippen molar-refractivity contribution in [3.05, 3.63) is 71.4 Å². The minimum atomic E-state index is -4.66. The lowest BCUT2D eigenvalue weighted by Crippen LogP contribution is -2.12. The van der Waals surface area contributed by atoms with E-state index in [9.17, 15) is 17.6 Å². The van der Waals surface area contributed by atoms with Gasteiger partial charge in [-0.25, -0.2) is 19.3 Å². The molecule has 0 atom stereocenters. The summed E-state index contributed by atoms with van der Waals surface area (Å²) < 4.78 is 60.0. The fraction of sp³-hybridized carbons (Fsp3) is 0.190. The van der Waals surface area contributed by atoms with Crippen LogP contribution in [-0.2, 0) is 19.6 Å². The molecule has 0 aliphatic rings. The van der Waals surface area contributed by atoms with Crippen LogP contribution in [0, 0.1) is 5.82 Å². The van der Waals surface area contributed by atoms with Crippen LogP contribution in [0.3, 0.4) is 0 Å². The number of aryl methyl sites for hydroxylation is 1. The van der Waals surface area contributed by atoms with Gasteiger partial charge in [-0.2, -0.15) is 13.2 Å². The van der Waals surface area contributed by atoms with Gasteiger partial charge >= 0.3 is 6.18 Å². The Bertz CT molecular complexity index is 1240. The number of fused-ring (bicyclic) bond motifs is 1. The Hall–Kier alpha value is -3.69. The Morgan fingerprint density at radius 3 is 2.35 bits per heavy atom. The van der Waals surface area contributed by atoms with Crippen LogP contribution in [0.4, 0.5) is 29.1 Å². The summed E-state index contributed by atoms with van der Waals surface area (Å²) in [6.45, 7) is 0. The summed E-state index contributed by atoms with van der Waals surface area (Å²) in [6, 6.07) is 13.1. The minimum Gasteiger partial charge on any atom is -0.497 e. The van der Waals surface area contributed by atoms with E-state index in [0.29, 0.717) is 11.4 Å². The number of nitrogens with one attached hydrogen (secondary N) is 1. The van der Waals surface area contributed by atoms with Gasteiger partial charge in [-0.15, -0.1) is 0 Å². The Kier molecular flexibility index (Phi) is 5.22. The molecule has 4 aromatic rings. The zero-order valence-corrected chi connectivity index (χ0v) is 16.5. The zero-order chi connectivity index (χ0) is 22.2. The maximum Gasteiger partial charge on any atom is 0.449 e. The third-order valence-corrected chi connectivity index (χ3v) is 4.69. The largest absolute Gasteiger partial charge is 0.497 e. The van der Waals surface area contributed by atoms with E-state index in [1.54, 1.807) is 25.3 Å². The first-order chi connectivity index (χ1) is 14.8. The molecule has 0 spiro atoms. The molecule has 1 N–H and O–H groups in total. The highest BCUT2D eigenvalue weighted by atomic mass is 19.4. The number of nitrogens with zero attached hydrogens (tertiary/aromatic N) is 4. The molecular formula is C21H17F4N5O. The highest BCUT2D eigenvalue weighted by Gasteiger charge is 2.37. The van der Waals surface area contributed by atoms with Gasteiger partial charge in [0.2, 0.25) is 5.82 Å². The zero-order valence-electron chi connectivity index (χ0n) is 16.5. The molecule has 6 nitrogen and oxygen atoms in total. The molecule has 10 heteroatoms. The first-order valence-electron chi connectivity index (χ1n) is 9.21. The number of rotatable bonds is 5. The van der Waals surface area contributed by atoms with E-state index in [2.05, 4.69) is 20.3 Å². The van der Waals surface area contributed by atoms with Crippen LogP contribution in [0.15, 0.2) is 48.5 Å². The summed E-state index contributed by atoms with van der Waals surface area (Å²) in [6.07, 6.45) is -4.41. The van der Waals surface area contributed by atoms with E-state index in [4.69, 9.17) is 4.74 Å². The lowest BCUT2D eigenvalue weighted by Gasteiger charge is -2.12. The molecule has 2 aromatic carbocycles. The fourth-order valence-corrected chi connectivity index (χ4v) is 3.13. The molecule has 4 rings (SSSR count). The predicted octanol–water partition coefficient (Wildman–Crippen LogP) is 4.86. The smallest absolute Gasteiger partial charge is 0.449 e. The second-order valence-electron chi connectivity index (χ2n) is 6.79. The average Bonchev–Trinajstić information content (AvgIpc) is 3.06. The van der Waals surface area contributed by atoms with Crippen molar-refractivity contribution >= 4 is 22.8 Å². The van der Waals surface area contributed by atoms with Crippen molar-refractivity contribution in [1.29, 1.82) is 0 Å². The molecule has 31 heavy (non-hydrogen) atoms. The van der Waals surface area contributed by atoms with E-state index in [1.165, 1.54) is 25.2 Å². The summed E-state index contributed by atoms with van der Waals surface area (Å²) in [5, 5.41) is 2.84. The van der Waals surface area contributed by atoms with Crippen LogP contribution in [0.5, 0.6) is 5.75 Å². The van der Waals surface area contributed by atoms with Crippen molar-refractivity contribution in [2.75, 3.05) is 12.4 Å². The first-order valence-corrected chi connectivity index (χ1v) is 9.21. The van der Waals surface area contributed by atoms with E-state index in [1.807, 2.05) is 12.1 Å². The topological polar surface area (TPSA) is 64.9 Å². The van der Waals surface area contributed by atoms with Crippen LogP contribution < -0.4 is 10.1 Å². The van der Waals surface area contributed by atoms with Gasteiger partial charge in [0, 0.05) is 13.5 Å². The second kappa shape index (κ2) is 7.86. The molecule has 0 bridgehead atoms. The van der Waals surface area contributed by atoms with Crippen molar-refractivity contribution in [1.82, 2.24) is 19.5 Å². The molecule has 160 valence electrons. The van der Waals surface area contributed by atoms with Gasteiger partial charge in [0.25, 0.3) is 0 Å². The third-order valence-electron chi connectivity index (χ3n) is 4.69. The Morgan fingerprint density at radius 1 is 1.00 bits per heavy atom. The number of hydrogen-bond acceptors (Lipinski definition) is 5. The summed E-state index contributed by atoms with van der Waals surface area (Å²) in [5.41, 5.74) is 1.09. The maximum absolute atomic E-state index is 14.2. The number of imidazole rings is 1. The monoisotopic (exact) mass is 431 g/mol. The van der Waals surface area contributed by atoms with Gasteiger partial charge in [-0.05, 0) is 29.8 Å². The number of para-hydroxylation sites is 1. The minimum absolute atomic E-state index is 0.0186. The van der Waals surface area contributed by atoms with E-state index >= 15 is 0 Å². The van der Waals surface area contributed by atoms with Crippen molar-refractivity contribution < 1.29 is 22.3 Å². The van der Waals surface area contributed by atoms with Crippen LogP contribution in [0.1, 0.15) is 17.1 Å². The molecular weight excluding hydrogens is 414 g/mol. The first kappa shape index (κ1) is 20.6. The quantitative estimate of drug-likeness (QED) is 0.457. The number of methoxy groups -OCH3 is 1. The standard InChI is InChI=1S/C21H17F4N5O/c1-30-19-18(29-20(30)21(23,24)25)28-17(26-15-6-4-3-5-14(15)22)16(27-19)11-12-7-9-13(31-2)10-8-12/h3-10H,11H2,1-2H3,(H,26,28). The number of halogens is 4. The van der Waals surface area contributed by atoms with Gasteiger partial charge in [0.15, 0.2) is 17.1 Å². The van der Waals surface area contributed by atoms with Gasteiger partial charge in [-0.3, -0.25) is 0 Å². The molecule has 2 aromatic heterocycles. The van der Waals surface area contributed by atoms with Crippen LogP contribution >= 0.6 is 0 Å². The van der Waals surface area contributed by atoms with Crippen molar-refractivity contribution in [2.24, 2.45) is 7.05 Å². The molecule has 0 aliphatic heterocycles. The number of anilines is 2. The number of benzene rings is 2. The third kappa shape index (κ3) is 4.14. The number of aromatic nitrogens is 4. The number of hydrogen-bond donors (Lipinski definition) is 1. The van der Waals surface area contributed by atoms with Crippen LogP contribution in [-0.4, -0.2) is 26.6 Å². The molecule has 0 unspecified atom stereocenters. The van der Waals surface area contributed by atoms with Crippen LogP contribution in [0.2, 0.25) is 0 Å². The number of alkyl halides is 3. The van der Waals surface area contributed by atoms with Gasteiger partial charge in [0.1, 0.15) is 11.6 Å². The highest BCUT2D eigenvalue weighted by molar-refractivity contribution is 5.72. The van der Waals surface area contributed by atoms with Crippen molar-refractivity contribution in [2.45, 2.75) is 12.6 Å². The fourth-order valence-electron chi connectivity index (χ4n) is 3.13. The van der Waals surface area contributed by atoms with Crippen molar-refractivity contribution in [3.8, 4) is 5.75 Å². The molecule has 0 radical (unpaired) electrons. The van der Waals surface area contributed by atoms with E-state index in [-0.39, 0.29) is 29.2 Å². The molecule has 2 heterocycles. The van der Waals surface area contributed by atoms with Gasteiger partial charge < -0.3 is 14.6 Å². The lowest BCUT2D eigenvalue weighted by atomic mass is 10.1. The summed E-state index contributed by atoms with van der Waals surface area (Å²) in [4.78, 5) is 12.2. The molecule has 0 fully saturated rings. The Labute approximate surface area is 174 Å². The SMILES string of the molecule is COc1ccc(Cc2nc3c(nc2Nc2ccccc2F)nc(C(F)(F)F)n3C)cc1. The lowest BCUT2D eigenvalue weighted by molar-refractivity contribution is -0.146. The summed E-state index contributed by atoms with van der Waals surface area (Å²) in [7, 11) is 2.78. The summed E-state index contributed by atoms with van der Waals surface area (Å²) in [5.74, 6) is -0.852. The summed E-state index contributed by atoms with van der Waals surface area (Å²) >= 11 is 0. The van der Waals surface area contributed by atoms with Crippen LogP contribution in [0.25, 0.3) is 11.3 Å². The second-order valence-corrected chi connectivity index (χ2v) is 6.79. The maximum atomic E-state index is 14.2. The van der Waals surface area contributed by atoms with Crippen molar-refractivity contribution in [3.63, 3.8) is 0 Å². The van der Waals surface area contributed by atoms with E-state index in [0.717, 1.165) is 10.1 Å². The molecule has 0 saturated carbocycles. The van der Waals surface area contributed by atoms with Gasteiger partial charge in [0.05, 0.1) is 18.5 Å². The average molecular weight is 431 g/mol. The Morgan fingerprint density at radius 2 is 1.71 bits per heavy atom. The molecule has 0 aliphatic carbocycles. The Balaban J connectivity index is 1.83. The van der Waals surface area contributed by atoms with Gasteiger partial charge in [-0.1, -0.05) is 24.3 Å². The normalized spacial score (nSPS) is 11.7. The molecule has 0 amide bonds. The number of ether oxygens (including phenoxy) is 1. The molecule has 0 saturated heterocycles. The van der Waals surface area contributed by atoms with E-state index < -0.39 is 17.8 Å². The highest BCUT2D eigenvalue weighted by Crippen LogP contribution is 2.31.